The van der Waals surface area contributed by atoms with E-state index < -0.39 is 0 Å². The maximum atomic E-state index is 12.3. The van der Waals surface area contributed by atoms with Crippen molar-refractivity contribution in [1.82, 2.24) is 4.90 Å². The molecule has 20 heavy (non-hydrogen) atoms. The molecule has 0 aliphatic carbocycles. The molecule has 2 aromatic carbocycles. The van der Waals surface area contributed by atoms with Crippen molar-refractivity contribution in [3.05, 3.63) is 71.3 Å². The van der Waals surface area contributed by atoms with Gasteiger partial charge in [0.2, 0.25) is 0 Å². The van der Waals surface area contributed by atoms with Gasteiger partial charge in [-0.3, -0.25) is 9.59 Å². The van der Waals surface area contributed by atoms with Crippen molar-refractivity contribution in [3.63, 3.8) is 0 Å². The molecule has 2 rings (SSSR count). The topological polar surface area (TPSA) is 37.4 Å². The number of aldehydes is 1. The van der Waals surface area contributed by atoms with Gasteiger partial charge in [0.05, 0.1) is 5.56 Å². The maximum absolute atomic E-state index is 12.3. The summed E-state index contributed by atoms with van der Waals surface area (Å²) in [6.07, 6.45) is 1.52. The Morgan fingerprint density at radius 1 is 1.05 bits per heavy atom. The van der Waals surface area contributed by atoms with Crippen LogP contribution in [-0.2, 0) is 6.42 Å². The SMILES string of the molecule is CN(CCc1ccccc1)C(=O)c1ccccc1C=O. The van der Waals surface area contributed by atoms with E-state index in [0.717, 1.165) is 12.7 Å². The minimum Gasteiger partial charge on any atom is -0.341 e. The van der Waals surface area contributed by atoms with Gasteiger partial charge in [-0.2, -0.15) is 0 Å². The van der Waals surface area contributed by atoms with E-state index in [0.29, 0.717) is 17.7 Å². The molecule has 0 bridgehead atoms. The van der Waals surface area contributed by atoms with E-state index in [4.69, 9.17) is 0 Å². The summed E-state index contributed by atoms with van der Waals surface area (Å²) in [7, 11) is 1.76. The molecule has 1 amide bonds. The van der Waals surface area contributed by atoms with Gasteiger partial charge in [0, 0.05) is 19.2 Å². The lowest BCUT2D eigenvalue weighted by molar-refractivity contribution is 0.0793. The van der Waals surface area contributed by atoms with E-state index in [1.165, 1.54) is 5.56 Å². The van der Waals surface area contributed by atoms with Crippen molar-refractivity contribution >= 4 is 12.2 Å². The van der Waals surface area contributed by atoms with Crippen LogP contribution in [0.15, 0.2) is 54.6 Å². The zero-order chi connectivity index (χ0) is 14.4. The van der Waals surface area contributed by atoms with Crippen molar-refractivity contribution < 1.29 is 9.59 Å². The first-order valence-electron chi connectivity index (χ1n) is 6.56. The molecule has 0 unspecified atom stereocenters. The monoisotopic (exact) mass is 267 g/mol. The van der Waals surface area contributed by atoms with Gasteiger partial charge < -0.3 is 4.90 Å². The summed E-state index contributed by atoms with van der Waals surface area (Å²) in [5.41, 5.74) is 2.08. The molecule has 0 radical (unpaired) electrons. The number of amides is 1. The molecule has 0 saturated heterocycles. The molecular weight excluding hydrogens is 250 g/mol. The van der Waals surface area contributed by atoms with Crippen LogP contribution in [-0.4, -0.2) is 30.7 Å². The number of carbonyl (C=O) groups is 2. The maximum Gasteiger partial charge on any atom is 0.254 e. The van der Waals surface area contributed by atoms with Crippen LogP contribution in [0, 0.1) is 0 Å². The second-order valence-electron chi connectivity index (χ2n) is 4.67. The second kappa shape index (κ2) is 6.66. The minimum absolute atomic E-state index is 0.122. The smallest absolute Gasteiger partial charge is 0.254 e. The summed E-state index contributed by atoms with van der Waals surface area (Å²) in [5, 5.41) is 0. The van der Waals surface area contributed by atoms with E-state index in [1.807, 2.05) is 30.3 Å². The molecule has 102 valence electrons. The average Bonchev–Trinajstić information content (AvgIpc) is 2.52. The number of hydrogen-bond donors (Lipinski definition) is 0. The Morgan fingerprint density at radius 2 is 1.70 bits per heavy atom. The molecule has 0 aliphatic rings. The summed E-state index contributed by atoms with van der Waals surface area (Å²) in [6.45, 7) is 0.621. The van der Waals surface area contributed by atoms with Crippen molar-refractivity contribution in [1.29, 1.82) is 0 Å². The highest BCUT2D eigenvalue weighted by atomic mass is 16.2. The third-order valence-electron chi connectivity index (χ3n) is 3.24. The molecule has 0 fully saturated rings. The Kier molecular flexibility index (Phi) is 4.66. The summed E-state index contributed by atoms with van der Waals surface area (Å²) < 4.78 is 0. The molecule has 0 spiro atoms. The zero-order valence-electron chi connectivity index (χ0n) is 11.5. The Morgan fingerprint density at radius 3 is 2.40 bits per heavy atom. The van der Waals surface area contributed by atoms with Crippen molar-refractivity contribution in [2.45, 2.75) is 6.42 Å². The fourth-order valence-corrected chi connectivity index (χ4v) is 2.04. The Hall–Kier alpha value is -2.42. The predicted molar refractivity (Wildman–Crippen MR) is 78.9 cm³/mol. The third-order valence-corrected chi connectivity index (χ3v) is 3.24. The number of nitrogens with zero attached hydrogens (tertiary/aromatic N) is 1. The number of rotatable bonds is 5. The van der Waals surface area contributed by atoms with Gasteiger partial charge in [-0.05, 0) is 18.1 Å². The van der Waals surface area contributed by atoms with E-state index in [9.17, 15) is 9.59 Å². The first-order valence-corrected chi connectivity index (χ1v) is 6.56. The Bertz CT molecular complexity index is 593. The molecule has 0 atom stereocenters. The largest absolute Gasteiger partial charge is 0.341 e. The average molecular weight is 267 g/mol. The van der Waals surface area contributed by atoms with Crippen LogP contribution in [0.3, 0.4) is 0 Å². The van der Waals surface area contributed by atoms with Crippen molar-refractivity contribution in [2.24, 2.45) is 0 Å². The molecule has 2 aromatic rings. The summed E-state index contributed by atoms with van der Waals surface area (Å²) in [5.74, 6) is -0.122. The number of likely N-dealkylation sites (N-methyl/N-ethyl adjacent to an activating group) is 1. The fourth-order valence-electron chi connectivity index (χ4n) is 2.04. The summed E-state index contributed by atoms with van der Waals surface area (Å²) in [6, 6.07) is 16.9. The Balaban J connectivity index is 2.03. The van der Waals surface area contributed by atoms with Gasteiger partial charge in [0.15, 0.2) is 6.29 Å². The third kappa shape index (κ3) is 3.32. The normalized spacial score (nSPS) is 10.1. The fraction of sp³-hybridized carbons (Fsp3) is 0.176. The molecule has 3 heteroatoms. The van der Waals surface area contributed by atoms with Gasteiger partial charge in [-0.1, -0.05) is 48.5 Å². The van der Waals surface area contributed by atoms with Gasteiger partial charge in [0.25, 0.3) is 5.91 Å². The Labute approximate surface area is 118 Å². The molecule has 0 saturated carbocycles. The first kappa shape index (κ1) is 14.0. The highest BCUT2D eigenvalue weighted by molar-refractivity contribution is 6.01. The van der Waals surface area contributed by atoms with Crippen molar-refractivity contribution in [2.75, 3.05) is 13.6 Å². The quantitative estimate of drug-likeness (QED) is 0.781. The van der Waals surface area contributed by atoms with E-state index >= 15 is 0 Å². The lowest BCUT2D eigenvalue weighted by Crippen LogP contribution is -2.29. The van der Waals surface area contributed by atoms with Crippen LogP contribution in [0.4, 0.5) is 0 Å². The summed E-state index contributed by atoms with van der Waals surface area (Å²) in [4.78, 5) is 24.9. The number of carbonyl (C=O) groups excluding carboxylic acids is 2. The minimum atomic E-state index is -0.122. The predicted octanol–water partition coefficient (Wildman–Crippen LogP) is 2.81. The molecule has 0 aliphatic heterocycles. The van der Waals surface area contributed by atoms with E-state index in [-0.39, 0.29) is 5.91 Å². The molecule has 3 nitrogen and oxygen atoms in total. The van der Waals surface area contributed by atoms with Crippen LogP contribution in [0.25, 0.3) is 0 Å². The van der Waals surface area contributed by atoms with Crippen LogP contribution in [0.5, 0.6) is 0 Å². The van der Waals surface area contributed by atoms with Crippen LogP contribution < -0.4 is 0 Å². The van der Waals surface area contributed by atoms with E-state index in [2.05, 4.69) is 0 Å². The highest BCUT2D eigenvalue weighted by Crippen LogP contribution is 2.10. The number of hydrogen-bond acceptors (Lipinski definition) is 2. The van der Waals surface area contributed by atoms with E-state index in [1.54, 1.807) is 36.2 Å². The number of benzene rings is 2. The van der Waals surface area contributed by atoms with Crippen LogP contribution in [0.2, 0.25) is 0 Å². The lowest BCUT2D eigenvalue weighted by Gasteiger charge is -2.18. The first-order chi connectivity index (χ1) is 9.72. The van der Waals surface area contributed by atoms with Gasteiger partial charge in [0.1, 0.15) is 0 Å². The van der Waals surface area contributed by atoms with Gasteiger partial charge >= 0.3 is 0 Å². The standard InChI is InChI=1S/C17H17NO2/c1-18(12-11-14-7-3-2-4-8-14)17(20)16-10-6-5-9-15(16)13-19/h2-10,13H,11-12H2,1H3. The van der Waals surface area contributed by atoms with Crippen LogP contribution >= 0.6 is 0 Å². The van der Waals surface area contributed by atoms with Crippen molar-refractivity contribution in [3.8, 4) is 0 Å². The lowest BCUT2D eigenvalue weighted by atomic mass is 10.1. The highest BCUT2D eigenvalue weighted by Gasteiger charge is 2.14. The zero-order valence-corrected chi connectivity index (χ0v) is 11.5. The summed E-state index contributed by atoms with van der Waals surface area (Å²) >= 11 is 0. The van der Waals surface area contributed by atoms with Gasteiger partial charge in [-0.15, -0.1) is 0 Å². The molecule has 0 N–H and O–H groups in total. The molecule has 0 heterocycles. The molecular formula is C17H17NO2. The molecule has 0 aromatic heterocycles. The van der Waals surface area contributed by atoms with Crippen LogP contribution in [0.1, 0.15) is 26.3 Å². The second-order valence-corrected chi connectivity index (χ2v) is 4.67. The van der Waals surface area contributed by atoms with Gasteiger partial charge in [-0.25, -0.2) is 0 Å².